The molecule has 136 valence electrons. The number of ether oxygens (including phenoxy) is 2. The lowest BCUT2D eigenvalue weighted by molar-refractivity contribution is -0.227. The quantitative estimate of drug-likeness (QED) is 0.708. The minimum atomic E-state index is -1.09. The van der Waals surface area contributed by atoms with Crippen molar-refractivity contribution in [1.82, 2.24) is 9.88 Å². The first-order valence-corrected chi connectivity index (χ1v) is 8.84. The molecule has 2 heterocycles. The third kappa shape index (κ3) is 3.52. The van der Waals surface area contributed by atoms with Crippen LogP contribution in [0.1, 0.15) is 19.8 Å². The highest BCUT2D eigenvalue weighted by Gasteiger charge is 2.40. The maximum absolute atomic E-state index is 9.83. The summed E-state index contributed by atoms with van der Waals surface area (Å²) in [5.41, 5.74) is 1.40. The molecule has 1 unspecified atom stereocenters. The first kappa shape index (κ1) is 16.9. The topological polar surface area (TPSA) is 68.0 Å². The highest BCUT2D eigenvalue weighted by atomic mass is 16.8. The number of aliphatic hydroxyl groups is 1. The zero-order valence-corrected chi connectivity index (χ0v) is 14.7. The first-order valence-electron chi connectivity index (χ1n) is 8.84. The van der Waals surface area contributed by atoms with Gasteiger partial charge in [-0.15, -0.1) is 0 Å². The van der Waals surface area contributed by atoms with Crippen LogP contribution in [0.5, 0.6) is 11.8 Å². The lowest BCUT2D eigenvalue weighted by Crippen LogP contribution is -2.58. The predicted octanol–water partition coefficient (Wildman–Crippen LogP) is 3.42. The van der Waals surface area contributed by atoms with Gasteiger partial charge in [0.15, 0.2) is 5.58 Å². The third-order valence-electron chi connectivity index (χ3n) is 4.64. The van der Waals surface area contributed by atoms with Crippen LogP contribution in [0.25, 0.3) is 11.1 Å². The van der Waals surface area contributed by atoms with Crippen LogP contribution in [0.15, 0.2) is 59.0 Å². The Morgan fingerprint density at radius 1 is 1.04 bits per heavy atom. The van der Waals surface area contributed by atoms with Gasteiger partial charge in [0.1, 0.15) is 11.3 Å². The molecule has 6 heteroatoms. The van der Waals surface area contributed by atoms with Crippen LogP contribution in [0, 0.1) is 0 Å². The monoisotopic (exact) mass is 354 g/mol. The van der Waals surface area contributed by atoms with E-state index in [0.29, 0.717) is 37.3 Å². The van der Waals surface area contributed by atoms with E-state index >= 15 is 0 Å². The number of hydrogen-bond donors (Lipinski definition) is 1. The van der Waals surface area contributed by atoms with Crippen LogP contribution in [-0.2, 0) is 0 Å². The highest BCUT2D eigenvalue weighted by Crippen LogP contribution is 2.30. The van der Waals surface area contributed by atoms with E-state index in [0.717, 1.165) is 5.52 Å². The maximum atomic E-state index is 9.83. The molecular formula is C20H22N2O4. The molecule has 1 N–H and O–H groups in total. The van der Waals surface area contributed by atoms with Gasteiger partial charge in [-0.2, -0.15) is 4.98 Å². The second kappa shape index (κ2) is 6.97. The first-order chi connectivity index (χ1) is 12.6. The number of oxazole rings is 1. The van der Waals surface area contributed by atoms with Gasteiger partial charge in [-0.3, -0.25) is 0 Å². The van der Waals surface area contributed by atoms with Gasteiger partial charge in [0.05, 0.1) is 6.10 Å². The van der Waals surface area contributed by atoms with Crippen LogP contribution in [0.3, 0.4) is 0 Å². The molecule has 0 radical (unpaired) electrons. The normalized spacial score (nSPS) is 18.5. The molecule has 1 aliphatic rings. The molecule has 2 aromatic carbocycles. The highest BCUT2D eigenvalue weighted by molar-refractivity contribution is 5.72. The van der Waals surface area contributed by atoms with E-state index in [-0.39, 0.29) is 12.2 Å². The SMILES string of the molecule is CC(Oc1ccccc1)(Oc1nc2ccccc2o1)N1CCC(O)CC1. The van der Waals surface area contributed by atoms with E-state index in [1.165, 1.54) is 0 Å². The summed E-state index contributed by atoms with van der Waals surface area (Å²) in [5.74, 6) is -0.403. The molecule has 0 aliphatic carbocycles. The number of aromatic nitrogens is 1. The lowest BCUT2D eigenvalue weighted by atomic mass is 10.1. The summed E-state index contributed by atoms with van der Waals surface area (Å²) in [6.07, 6.45) is 1.22. The second-order valence-corrected chi connectivity index (χ2v) is 6.58. The van der Waals surface area contributed by atoms with Crippen molar-refractivity contribution in [2.24, 2.45) is 0 Å². The van der Waals surface area contributed by atoms with E-state index in [9.17, 15) is 5.11 Å². The van der Waals surface area contributed by atoms with Gasteiger partial charge in [-0.1, -0.05) is 30.3 Å². The zero-order chi connectivity index (χ0) is 18.0. The number of aliphatic hydroxyl groups excluding tert-OH is 1. The summed E-state index contributed by atoms with van der Waals surface area (Å²) in [6, 6.07) is 17.0. The fourth-order valence-electron chi connectivity index (χ4n) is 3.19. The van der Waals surface area contributed by atoms with Crippen molar-refractivity contribution >= 4 is 11.1 Å². The number of hydrogen-bond acceptors (Lipinski definition) is 6. The number of para-hydroxylation sites is 3. The van der Waals surface area contributed by atoms with Gasteiger partial charge >= 0.3 is 12.0 Å². The third-order valence-corrected chi connectivity index (χ3v) is 4.64. The Bertz CT molecular complexity index is 825. The number of benzene rings is 2. The lowest BCUT2D eigenvalue weighted by Gasteiger charge is -2.41. The summed E-state index contributed by atoms with van der Waals surface area (Å²) < 4.78 is 18.0. The van der Waals surface area contributed by atoms with Gasteiger partial charge < -0.3 is 19.0 Å². The Kier molecular flexibility index (Phi) is 4.53. The molecule has 1 atom stereocenters. The summed E-state index contributed by atoms with van der Waals surface area (Å²) in [5, 5.41) is 9.83. The minimum Gasteiger partial charge on any atom is -0.439 e. The molecule has 1 aliphatic heterocycles. The number of nitrogens with zero attached hydrogens (tertiary/aromatic N) is 2. The van der Waals surface area contributed by atoms with Gasteiger partial charge in [0.25, 0.3) is 0 Å². The Labute approximate surface area is 152 Å². The van der Waals surface area contributed by atoms with Crippen LogP contribution < -0.4 is 9.47 Å². The summed E-state index contributed by atoms with van der Waals surface area (Å²) >= 11 is 0. The van der Waals surface area contributed by atoms with Crippen LogP contribution in [-0.4, -0.2) is 40.1 Å². The van der Waals surface area contributed by atoms with Crippen LogP contribution in [0.2, 0.25) is 0 Å². The standard InChI is InChI=1S/C20H22N2O4/c1-20(22-13-11-15(23)12-14-22,25-16-7-3-2-4-8-16)26-19-21-17-9-5-6-10-18(17)24-19/h2-10,15,23H,11-14H2,1H3. The van der Waals surface area contributed by atoms with Crippen molar-refractivity contribution < 1.29 is 19.0 Å². The average Bonchev–Trinajstić information content (AvgIpc) is 3.04. The molecule has 4 rings (SSSR count). The smallest absolute Gasteiger partial charge is 0.399 e. The van der Waals surface area contributed by atoms with Crippen molar-refractivity contribution in [3.05, 3.63) is 54.6 Å². The molecular weight excluding hydrogens is 332 g/mol. The van der Waals surface area contributed by atoms with E-state index in [4.69, 9.17) is 13.9 Å². The number of likely N-dealkylation sites (tertiary alicyclic amines) is 1. The van der Waals surface area contributed by atoms with Crippen LogP contribution >= 0.6 is 0 Å². The van der Waals surface area contributed by atoms with Gasteiger partial charge in [0, 0.05) is 20.0 Å². The second-order valence-electron chi connectivity index (χ2n) is 6.58. The largest absolute Gasteiger partial charge is 0.439 e. The van der Waals surface area contributed by atoms with E-state index < -0.39 is 5.91 Å². The molecule has 6 nitrogen and oxygen atoms in total. The molecule has 0 bridgehead atoms. The van der Waals surface area contributed by atoms with Gasteiger partial charge in [-0.25, -0.2) is 4.90 Å². The van der Waals surface area contributed by atoms with Crippen molar-refractivity contribution in [3.8, 4) is 11.8 Å². The maximum Gasteiger partial charge on any atom is 0.399 e. The summed E-state index contributed by atoms with van der Waals surface area (Å²) in [6.45, 7) is 3.17. The Hall–Kier alpha value is -2.57. The minimum absolute atomic E-state index is 0.163. The fourth-order valence-corrected chi connectivity index (χ4v) is 3.19. The van der Waals surface area contributed by atoms with Gasteiger partial charge in [-0.05, 0) is 37.1 Å². The molecule has 0 amide bonds. The molecule has 3 aromatic rings. The Balaban J connectivity index is 1.62. The Morgan fingerprint density at radius 2 is 1.73 bits per heavy atom. The Morgan fingerprint density at radius 3 is 2.46 bits per heavy atom. The fraction of sp³-hybridized carbons (Fsp3) is 0.350. The van der Waals surface area contributed by atoms with Crippen molar-refractivity contribution in [3.63, 3.8) is 0 Å². The molecule has 1 saturated heterocycles. The van der Waals surface area contributed by atoms with E-state index in [1.807, 2.05) is 61.5 Å². The van der Waals surface area contributed by atoms with E-state index in [1.54, 1.807) is 0 Å². The number of piperidine rings is 1. The van der Waals surface area contributed by atoms with Gasteiger partial charge in [0.2, 0.25) is 0 Å². The molecule has 0 saturated carbocycles. The van der Waals surface area contributed by atoms with Crippen LogP contribution in [0.4, 0.5) is 0 Å². The predicted molar refractivity (Wildman–Crippen MR) is 96.9 cm³/mol. The van der Waals surface area contributed by atoms with Crippen molar-refractivity contribution in [2.45, 2.75) is 31.8 Å². The number of rotatable bonds is 5. The molecule has 0 spiro atoms. The number of fused-ring (bicyclic) bond motifs is 1. The zero-order valence-electron chi connectivity index (χ0n) is 14.7. The molecule has 1 aromatic heterocycles. The molecule has 1 fully saturated rings. The van der Waals surface area contributed by atoms with Crippen molar-refractivity contribution in [2.75, 3.05) is 13.1 Å². The summed E-state index contributed by atoms with van der Waals surface area (Å²) in [7, 11) is 0. The molecule has 26 heavy (non-hydrogen) atoms. The van der Waals surface area contributed by atoms with E-state index in [2.05, 4.69) is 9.88 Å². The summed E-state index contributed by atoms with van der Waals surface area (Å²) in [4.78, 5) is 6.46. The van der Waals surface area contributed by atoms with Crippen molar-refractivity contribution in [1.29, 1.82) is 0 Å². The average molecular weight is 354 g/mol.